The molecule has 0 unspecified atom stereocenters. The van der Waals surface area contributed by atoms with Crippen LogP contribution in [-0.4, -0.2) is 16.7 Å². The number of benzene rings is 2. The molecule has 19 heavy (non-hydrogen) atoms. The molecule has 96 valence electrons. The first-order valence-electron chi connectivity index (χ1n) is 6.26. The van der Waals surface area contributed by atoms with Gasteiger partial charge in [0.1, 0.15) is 0 Å². The van der Waals surface area contributed by atoms with Gasteiger partial charge in [-0.25, -0.2) is 0 Å². The molecule has 0 aliphatic carbocycles. The molecule has 0 saturated heterocycles. The molecule has 0 fully saturated rings. The van der Waals surface area contributed by atoms with Crippen molar-refractivity contribution in [3.8, 4) is 11.1 Å². The fourth-order valence-electron chi connectivity index (χ4n) is 2.50. The Balaban J connectivity index is 2.29. The van der Waals surface area contributed by atoms with Crippen LogP contribution in [0.1, 0.15) is 5.56 Å². The third-order valence-electron chi connectivity index (χ3n) is 3.35. The van der Waals surface area contributed by atoms with E-state index in [0.29, 0.717) is 6.42 Å². The summed E-state index contributed by atoms with van der Waals surface area (Å²) in [5.41, 5.74) is 4.64. The summed E-state index contributed by atoms with van der Waals surface area (Å²) >= 11 is 3.64. The van der Waals surface area contributed by atoms with E-state index >= 15 is 0 Å². The second-order valence-corrected chi connectivity index (χ2v) is 5.35. The van der Waals surface area contributed by atoms with Crippen molar-refractivity contribution < 1.29 is 5.11 Å². The van der Waals surface area contributed by atoms with E-state index in [9.17, 15) is 5.11 Å². The zero-order valence-corrected chi connectivity index (χ0v) is 11.9. The van der Waals surface area contributed by atoms with Gasteiger partial charge in [0.2, 0.25) is 0 Å². The summed E-state index contributed by atoms with van der Waals surface area (Å²) in [6, 6.07) is 14.5. The van der Waals surface area contributed by atoms with E-state index < -0.39 is 0 Å². The molecule has 0 spiro atoms. The molecule has 3 rings (SSSR count). The quantitative estimate of drug-likeness (QED) is 0.749. The zero-order valence-electron chi connectivity index (χ0n) is 10.4. The van der Waals surface area contributed by atoms with Gasteiger partial charge in [-0.1, -0.05) is 40.2 Å². The number of halogens is 1. The number of aromatic nitrogens is 1. The lowest BCUT2D eigenvalue weighted by Crippen LogP contribution is -1.95. The predicted molar refractivity (Wildman–Crippen MR) is 82.2 cm³/mol. The molecular formula is C16H14BrNO. The molecule has 2 nitrogen and oxygen atoms in total. The predicted octanol–water partition coefficient (Wildman–Crippen LogP) is 4.13. The van der Waals surface area contributed by atoms with E-state index in [2.05, 4.69) is 51.2 Å². The smallest absolute Gasteiger partial charge is 0.0471 e. The van der Waals surface area contributed by atoms with Crippen molar-refractivity contribution in [2.45, 2.75) is 6.42 Å². The van der Waals surface area contributed by atoms with E-state index in [-0.39, 0.29) is 6.61 Å². The summed E-state index contributed by atoms with van der Waals surface area (Å²) in [6.45, 7) is 0.159. The number of aromatic amines is 1. The van der Waals surface area contributed by atoms with E-state index in [1.807, 2.05) is 18.3 Å². The summed E-state index contributed by atoms with van der Waals surface area (Å²) in [4.78, 5) is 3.24. The summed E-state index contributed by atoms with van der Waals surface area (Å²) in [7, 11) is 0. The molecule has 0 aliphatic rings. The van der Waals surface area contributed by atoms with E-state index in [1.165, 1.54) is 16.5 Å². The number of nitrogens with one attached hydrogen (secondary N) is 1. The fourth-order valence-corrected chi connectivity index (χ4v) is 3.12. The number of hydrogen-bond acceptors (Lipinski definition) is 1. The Morgan fingerprint density at radius 1 is 1.05 bits per heavy atom. The van der Waals surface area contributed by atoms with E-state index in [1.54, 1.807) is 0 Å². The van der Waals surface area contributed by atoms with Gasteiger partial charge in [-0.05, 0) is 41.3 Å². The van der Waals surface area contributed by atoms with Gasteiger partial charge in [-0.15, -0.1) is 0 Å². The van der Waals surface area contributed by atoms with Crippen LogP contribution in [0.3, 0.4) is 0 Å². The highest BCUT2D eigenvalue weighted by Crippen LogP contribution is 2.36. The van der Waals surface area contributed by atoms with Crippen molar-refractivity contribution in [3.05, 3.63) is 58.7 Å². The maximum atomic E-state index is 9.23. The highest BCUT2D eigenvalue weighted by Gasteiger charge is 2.12. The molecule has 1 aromatic heterocycles. The van der Waals surface area contributed by atoms with Crippen LogP contribution in [0.5, 0.6) is 0 Å². The van der Waals surface area contributed by atoms with Crippen molar-refractivity contribution in [2.24, 2.45) is 0 Å². The summed E-state index contributed by atoms with van der Waals surface area (Å²) in [6.07, 6.45) is 2.62. The molecule has 0 saturated carbocycles. The number of H-pyrrole nitrogens is 1. The van der Waals surface area contributed by atoms with Crippen molar-refractivity contribution in [2.75, 3.05) is 6.61 Å². The molecule has 2 N–H and O–H groups in total. The van der Waals surface area contributed by atoms with Crippen molar-refractivity contribution >= 4 is 26.8 Å². The van der Waals surface area contributed by atoms with Gasteiger partial charge in [-0.2, -0.15) is 0 Å². The third-order valence-corrected chi connectivity index (χ3v) is 4.01. The Bertz CT molecular complexity index is 718. The molecule has 0 amide bonds. The lowest BCUT2D eigenvalue weighted by atomic mass is 9.95. The molecule has 0 aliphatic heterocycles. The summed E-state index contributed by atoms with van der Waals surface area (Å²) < 4.78 is 1.06. The zero-order chi connectivity index (χ0) is 13.2. The van der Waals surface area contributed by atoms with Crippen LogP contribution in [0, 0.1) is 0 Å². The van der Waals surface area contributed by atoms with Crippen molar-refractivity contribution in [3.63, 3.8) is 0 Å². The minimum atomic E-state index is 0.159. The molecule has 0 radical (unpaired) electrons. The Morgan fingerprint density at radius 2 is 1.89 bits per heavy atom. The standard InChI is InChI=1S/C16H14BrNO/c17-14-5-1-3-11(8-10-19)16(14)13-4-2-6-15-12(13)7-9-18-15/h1-7,9,18-19H,8,10H2. The van der Waals surface area contributed by atoms with Gasteiger partial charge in [0.05, 0.1) is 0 Å². The van der Waals surface area contributed by atoms with Gasteiger partial charge < -0.3 is 10.1 Å². The number of hydrogen-bond donors (Lipinski definition) is 2. The van der Waals surface area contributed by atoms with Gasteiger partial charge in [0.25, 0.3) is 0 Å². The number of aliphatic hydroxyl groups excluding tert-OH is 1. The van der Waals surface area contributed by atoms with Crippen LogP contribution in [0.15, 0.2) is 53.1 Å². The Morgan fingerprint density at radius 3 is 2.74 bits per heavy atom. The maximum Gasteiger partial charge on any atom is 0.0471 e. The Kier molecular flexibility index (Phi) is 3.40. The lowest BCUT2D eigenvalue weighted by Gasteiger charge is -2.12. The fraction of sp³-hybridized carbons (Fsp3) is 0.125. The first-order valence-corrected chi connectivity index (χ1v) is 7.05. The molecule has 0 bridgehead atoms. The van der Waals surface area contributed by atoms with Gasteiger partial charge >= 0.3 is 0 Å². The van der Waals surface area contributed by atoms with Gasteiger partial charge in [-0.3, -0.25) is 0 Å². The Hall–Kier alpha value is -1.58. The third kappa shape index (κ3) is 2.20. The number of aliphatic hydroxyl groups is 1. The van der Waals surface area contributed by atoms with Crippen LogP contribution in [0.2, 0.25) is 0 Å². The minimum Gasteiger partial charge on any atom is -0.396 e. The van der Waals surface area contributed by atoms with Crippen LogP contribution in [0.25, 0.3) is 22.0 Å². The lowest BCUT2D eigenvalue weighted by molar-refractivity contribution is 0.300. The topological polar surface area (TPSA) is 36.0 Å². The van der Waals surface area contributed by atoms with E-state index in [0.717, 1.165) is 15.6 Å². The molecular weight excluding hydrogens is 302 g/mol. The number of fused-ring (bicyclic) bond motifs is 1. The molecule has 3 heteroatoms. The molecule has 0 atom stereocenters. The van der Waals surface area contributed by atoms with Gasteiger partial charge in [0.15, 0.2) is 0 Å². The van der Waals surface area contributed by atoms with Crippen molar-refractivity contribution in [1.29, 1.82) is 0 Å². The van der Waals surface area contributed by atoms with Crippen LogP contribution >= 0.6 is 15.9 Å². The van der Waals surface area contributed by atoms with Crippen LogP contribution in [-0.2, 0) is 6.42 Å². The highest BCUT2D eigenvalue weighted by atomic mass is 79.9. The average Bonchev–Trinajstić information content (AvgIpc) is 2.88. The molecule has 2 aromatic carbocycles. The first kappa shape index (κ1) is 12.5. The summed E-state index contributed by atoms with van der Waals surface area (Å²) in [5, 5.41) is 10.4. The number of rotatable bonds is 3. The monoisotopic (exact) mass is 315 g/mol. The highest BCUT2D eigenvalue weighted by molar-refractivity contribution is 9.10. The molecule has 3 aromatic rings. The SMILES string of the molecule is OCCc1cccc(Br)c1-c1cccc2[nH]ccc12. The van der Waals surface area contributed by atoms with Crippen LogP contribution < -0.4 is 0 Å². The first-order chi connectivity index (χ1) is 9.31. The van der Waals surface area contributed by atoms with Gasteiger partial charge in [0, 0.05) is 28.2 Å². The minimum absolute atomic E-state index is 0.159. The maximum absolute atomic E-state index is 9.23. The molecule has 1 heterocycles. The second-order valence-electron chi connectivity index (χ2n) is 4.49. The average molecular weight is 316 g/mol. The Labute approximate surface area is 120 Å². The normalized spacial score (nSPS) is 11.1. The van der Waals surface area contributed by atoms with Crippen molar-refractivity contribution in [1.82, 2.24) is 4.98 Å². The largest absolute Gasteiger partial charge is 0.396 e. The second kappa shape index (κ2) is 5.19. The van der Waals surface area contributed by atoms with Crippen LogP contribution in [0.4, 0.5) is 0 Å². The summed E-state index contributed by atoms with van der Waals surface area (Å²) in [5.74, 6) is 0. The van der Waals surface area contributed by atoms with E-state index in [4.69, 9.17) is 0 Å².